The Morgan fingerprint density at radius 1 is 1.10 bits per heavy atom. The van der Waals surface area contributed by atoms with Crippen LogP contribution in [0.5, 0.6) is 0 Å². The molecule has 1 aliphatic carbocycles. The normalized spacial score (nSPS) is 13.6. The van der Waals surface area contributed by atoms with Crippen LogP contribution in [-0.4, -0.2) is 33.4 Å². The number of anilines is 1. The number of carbonyl (C=O) groups excluding carboxylic acids is 2. The summed E-state index contributed by atoms with van der Waals surface area (Å²) in [6.07, 6.45) is 2.13. The summed E-state index contributed by atoms with van der Waals surface area (Å²) in [5.41, 5.74) is 2.15. The van der Waals surface area contributed by atoms with E-state index in [0.29, 0.717) is 23.8 Å². The Kier molecular flexibility index (Phi) is 6.22. The SMILES string of the molecule is Cc1cccc(NS(=O)(=O)c2ccc(C)c(C(=O)NCC(=O)OCC3CC3)c2)c1. The fraction of sp³-hybridized carbons (Fsp3) is 0.333. The van der Waals surface area contributed by atoms with E-state index < -0.39 is 21.9 Å². The molecule has 7 nitrogen and oxygen atoms in total. The third kappa shape index (κ3) is 5.80. The minimum absolute atomic E-state index is 0.0360. The second-order valence-electron chi connectivity index (χ2n) is 7.26. The first kappa shape index (κ1) is 20.9. The minimum Gasteiger partial charge on any atom is -0.464 e. The number of ether oxygens (including phenoxy) is 1. The molecule has 0 atom stereocenters. The average Bonchev–Trinajstić information content (AvgIpc) is 3.48. The number of benzene rings is 2. The van der Waals surface area contributed by atoms with Crippen LogP contribution in [0.15, 0.2) is 47.4 Å². The van der Waals surface area contributed by atoms with Crippen LogP contribution in [0.1, 0.15) is 34.3 Å². The molecule has 0 aromatic heterocycles. The number of nitrogens with one attached hydrogen (secondary N) is 2. The van der Waals surface area contributed by atoms with Crippen molar-refractivity contribution >= 4 is 27.6 Å². The Balaban J connectivity index is 1.69. The quantitative estimate of drug-likeness (QED) is 0.645. The van der Waals surface area contributed by atoms with E-state index in [4.69, 9.17) is 4.74 Å². The van der Waals surface area contributed by atoms with Crippen molar-refractivity contribution < 1.29 is 22.7 Å². The maximum absolute atomic E-state index is 12.7. The van der Waals surface area contributed by atoms with Crippen molar-refractivity contribution in [3.05, 3.63) is 59.2 Å². The van der Waals surface area contributed by atoms with E-state index in [1.165, 1.54) is 12.1 Å². The van der Waals surface area contributed by atoms with Gasteiger partial charge in [0.15, 0.2) is 0 Å². The Morgan fingerprint density at radius 2 is 1.86 bits per heavy atom. The molecular weight excluding hydrogens is 392 g/mol. The van der Waals surface area contributed by atoms with E-state index in [0.717, 1.165) is 18.4 Å². The van der Waals surface area contributed by atoms with Crippen LogP contribution in [0.25, 0.3) is 0 Å². The van der Waals surface area contributed by atoms with Crippen LogP contribution in [0, 0.1) is 19.8 Å². The van der Waals surface area contributed by atoms with E-state index in [-0.39, 0.29) is 17.0 Å². The van der Waals surface area contributed by atoms with Gasteiger partial charge < -0.3 is 10.1 Å². The summed E-state index contributed by atoms with van der Waals surface area (Å²) in [5.74, 6) is -0.592. The Bertz CT molecular complexity index is 1030. The lowest BCUT2D eigenvalue weighted by Gasteiger charge is -2.12. The summed E-state index contributed by atoms with van der Waals surface area (Å²) < 4.78 is 33.0. The van der Waals surface area contributed by atoms with E-state index in [9.17, 15) is 18.0 Å². The molecule has 2 aromatic rings. The monoisotopic (exact) mass is 416 g/mol. The van der Waals surface area contributed by atoms with Crippen molar-refractivity contribution in [1.82, 2.24) is 5.32 Å². The number of rotatable bonds is 8. The van der Waals surface area contributed by atoms with Crippen molar-refractivity contribution in [2.45, 2.75) is 31.6 Å². The maximum Gasteiger partial charge on any atom is 0.325 e. The summed E-state index contributed by atoms with van der Waals surface area (Å²) in [5, 5.41) is 2.49. The Morgan fingerprint density at radius 3 is 2.55 bits per heavy atom. The molecule has 2 N–H and O–H groups in total. The van der Waals surface area contributed by atoms with Gasteiger partial charge in [0.1, 0.15) is 6.54 Å². The first-order valence-corrected chi connectivity index (χ1v) is 10.9. The van der Waals surface area contributed by atoms with Crippen molar-refractivity contribution in [3.63, 3.8) is 0 Å². The molecule has 2 aromatic carbocycles. The standard InChI is InChI=1S/C21H24N2O5S/c1-14-4-3-5-17(10-14)23-29(26,27)18-9-6-15(2)19(11-18)21(25)22-12-20(24)28-13-16-7-8-16/h3-6,9-11,16,23H,7-8,12-13H2,1-2H3,(H,22,25). The molecule has 0 aliphatic heterocycles. The molecule has 0 saturated heterocycles. The number of hydrogen-bond acceptors (Lipinski definition) is 5. The number of esters is 1. The molecule has 1 saturated carbocycles. The molecule has 0 unspecified atom stereocenters. The van der Waals surface area contributed by atoms with Gasteiger partial charge in [0, 0.05) is 11.3 Å². The van der Waals surface area contributed by atoms with Crippen LogP contribution in [0.3, 0.4) is 0 Å². The molecule has 1 aliphatic rings. The molecule has 1 fully saturated rings. The van der Waals surface area contributed by atoms with Gasteiger partial charge in [-0.2, -0.15) is 0 Å². The van der Waals surface area contributed by atoms with Gasteiger partial charge in [-0.1, -0.05) is 18.2 Å². The molecule has 0 heterocycles. The summed E-state index contributed by atoms with van der Waals surface area (Å²) in [4.78, 5) is 24.1. The lowest BCUT2D eigenvalue weighted by Crippen LogP contribution is -2.31. The van der Waals surface area contributed by atoms with Gasteiger partial charge in [0.05, 0.1) is 11.5 Å². The highest BCUT2D eigenvalue weighted by molar-refractivity contribution is 7.92. The van der Waals surface area contributed by atoms with Gasteiger partial charge in [0.25, 0.3) is 15.9 Å². The van der Waals surface area contributed by atoms with Crippen molar-refractivity contribution in [1.29, 1.82) is 0 Å². The largest absolute Gasteiger partial charge is 0.464 e. The third-order valence-corrected chi connectivity index (χ3v) is 5.98. The summed E-state index contributed by atoms with van der Waals surface area (Å²) in [6.45, 7) is 3.68. The Labute approximate surface area is 170 Å². The highest BCUT2D eigenvalue weighted by Crippen LogP contribution is 2.28. The van der Waals surface area contributed by atoms with E-state index >= 15 is 0 Å². The molecule has 0 radical (unpaired) electrons. The summed E-state index contributed by atoms with van der Waals surface area (Å²) in [6, 6.07) is 11.3. The van der Waals surface area contributed by atoms with Crippen molar-refractivity contribution in [2.24, 2.45) is 5.92 Å². The second kappa shape index (κ2) is 8.65. The van der Waals surface area contributed by atoms with Crippen LogP contribution >= 0.6 is 0 Å². The zero-order chi connectivity index (χ0) is 21.0. The molecule has 1 amide bonds. The van der Waals surface area contributed by atoms with Gasteiger partial charge >= 0.3 is 5.97 Å². The van der Waals surface area contributed by atoms with Crippen molar-refractivity contribution in [3.8, 4) is 0 Å². The van der Waals surface area contributed by atoms with Gasteiger partial charge in [0.2, 0.25) is 0 Å². The molecular formula is C21H24N2O5S. The van der Waals surface area contributed by atoms with Crippen LogP contribution in [0.4, 0.5) is 5.69 Å². The third-order valence-electron chi connectivity index (χ3n) is 4.60. The van der Waals surface area contributed by atoms with Gasteiger partial charge in [-0.25, -0.2) is 8.42 Å². The molecule has 29 heavy (non-hydrogen) atoms. The second-order valence-corrected chi connectivity index (χ2v) is 8.94. The number of amides is 1. The Hall–Kier alpha value is -2.87. The lowest BCUT2D eigenvalue weighted by molar-refractivity contribution is -0.142. The smallest absolute Gasteiger partial charge is 0.325 e. The van der Waals surface area contributed by atoms with Crippen LogP contribution in [0.2, 0.25) is 0 Å². The van der Waals surface area contributed by atoms with E-state index in [1.807, 2.05) is 13.0 Å². The van der Waals surface area contributed by atoms with Gasteiger partial charge in [-0.05, 0) is 68.0 Å². The molecule has 0 spiro atoms. The number of carbonyl (C=O) groups is 2. The molecule has 154 valence electrons. The van der Waals surface area contributed by atoms with E-state index in [1.54, 1.807) is 31.2 Å². The molecule has 3 rings (SSSR count). The first-order chi connectivity index (χ1) is 13.7. The highest BCUT2D eigenvalue weighted by atomic mass is 32.2. The summed E-state index contributed by atoms with van der Waals surface area (Å²) in [7, 11) is -3.87. The molecule has 0 bridgehead atoms. The first-order valence-electron chi connectivity index (χ1n) is 9.38. The summed E-state index contributed by atoms with van der Waals surface area (Å²) >= 11 is 0. The predicted octanol–water partition coefficient (Wildman–Crippen LogP) is 2.79. The number of sulfonamides is 1. The maximum atomic E-state index is 12.7. The molecule has 8 heteroatoms. The zero-order valence-corrected chi connectivity index (χ0v) is 17.2. The topological polar surface area (TPSA) is 102 Å². The van der Waals surface area contributed by atoms with Crippen LogP contribution in [-0.2, 0) is 19.6 Å². The average molecular weight is 416 g/mol. The fourth-order valence-corrected chi connectivity index (χ4v) is 3.80. The van der Waals surface area contributed by atoms with Crippen LogP contribution < -0.4 is 10.0 Å². The zero-order valence-electron chi connectivity index (χ0n) is 16.4. The van der Waals surface area contributed by atoms with Gasteiger partial charge in [-0.15, -0.1) is 0 Å². The predicted molar refractivity (Wildman–Crippen MR) is 109 cm³/mol. The van der Waals surface area contributed by atoms with Gasteiger partial charge in [-0.3, -0.25) is 14.3 Å². The minimum atomic E-state index is -3.87. The number of aryl methyl sites for hydroxylation is 2. The van der Waals surface area contributed by atoms with Crippen molar-refractivity contribution in [2.75, 3.05) is 17.9 Å². The highest BCUT2D eigenvalue weighted by Gasteiger charge is 2.23. The van der Waals surface area contributed by atoms with E-state index in [2.05, 4.69) is 10.0 Å². The lowest BCUT2D eigenvalue weighted by atomic mass is 10.1. The number of hydrogen-bond donors (Lipinski definition) is 2. The fourth-order valence-electron chi connectivity index (χ4n) is 2.73.